The van der Waals surface area contributed by atoms with Crippen LogP contribution < -0.4 is 5.73 Å². The van der Waals surface area contributed by atoms with E-state index in [1.165, 1.54) is 0 Å². The maximum absolute atomic E-state index is 6.03. The quantitative estimate of drug-likeness (QED) is 0.911. The lowest BCUT2D eigenvalue weighted by Crippen LogP contribution is -2.28. The molecule has 0 spiro atoms. The van der Waals surface area contributed by atoms with Crippen LogP contribution in [0.3, 0.4) is 0 Å². The summed E-state index contributed by atoms with van der Waals surface area (Å²) in [4.78, 5) is 9.78. The van der Waals surface area contributed by atoms with E-state index in [0.29, 0.717) is 5.92 Å². The molecular weight excluding hydrogens is 238 g/mol. The van der Waals surface area contributed by atoms with E-state index in [1.54, 1.807) is 22.7 Å². The maximum Gasteiger partial charge on any atom is 0.135 e. The molecule has 2 rings (SSSR count). The normalized spacial score (nSPS) is 13.2. The van der Waals surface area contributed by atoms with E-state index in [0.717, 1.165) is 22.0 Å². The zero-order chi connectivity index (χ0) is 11.5. The maximum atomic E-state index is 6.03. The van der Waals surface area contributed by atoms with Gasteiger partial charge in [-0.2, -0.15) is 0 Å². The Labute approximate surface area is 103 Å². The van der Waals surface area contributed by atoms with Crippen LogP contribution in [0, 0.1) is 5.92 Å². The molecule has 1 unspecified atom stereocenters. The Morgan fingerprint density at radius 2 is 2.19 bits per heavy atom. The van der Waals surface area contributed by atoms with Gasteiger partial charge in [0, 0.05) is 24.0 Å². The van der Waals surface area contributed by atoms with Crippen LogP contribution in [0.5, 0.6) is 0 Å². The van der Waals surface area contributed by atoms with Crippen LogP contribution in [0.15, 0.2) is 17.1 Å². The molecule has 0 aliphatic rings. The standard InChI is InChI=1S/C11H15N3S2/c1-7(2)9(12)3-8-5-15-11(14-8)10-4-13-6-16-10/h4-7,9H,3,12H2,1-2H3. The molecule has 16 heavy (non-hydrogen) atoms. The third-order valence-corrected chi connectivity index (χ3v) is 4.33. The van der Waals surface area contributed by atoms with Gasteiger partial charge in [0.05, 0.1) is 16.1 Å². The van der Waals surface area contributed by atoms with E-state index in [-0.39, 0.29) is 6.04 Å². The molecule has 0 amide bonds. The summed E-state index contributed by atoms with van der Waals surface area (Å²) in [7, 11) is 0. The van der Waals surface area contributed by atoms with Gasteiger partial charge in [0.1, 0.15) is 5.01 Å². The van der Waals surface area contributed by atoms with Crippen molar-refractivity contribution in [3.05, 3.63) is 22.8 Å². The highest BCUT2D eigenvalue weighted by atomic mass is 32.1. The van der Waals surface area contributed by atoms with Crippen LogP contribution in [0.1, 0.15) is 19.5 Å². The molecule has 0 fully saturated rings. The Morgan fingerprint density at radius 3 is 2.81 bits per heavy atom. The molecule has 2 aromatic rings. The smallest absolute Gasteiger partial charge is 0.135 e. The van der Waals surface area contributed by atoms with Crippen molar-refractivity contribution in [3.8, 4) is 9.88 Å². The molecule has 3 nitrogen and oxygen atoms in total. The molecule has 5 heteroatoms. The van der Waals surface area contributed by atoms with Gasteiger partial charge in [-0.3, -0.25) is 4.98 Å². The van der Waals surface area contributed by atoms with Crippen molar-refractivity contribution in [2.24, 2.45) is 11.7 Å². The second-order valence-corrected chi connectivity index (χ2v) is 5.87. The number of aromatic nitrogens is 2. The van der Waals surface area contributed by atoms with Crippen LogP contribution in [-0.2, 0) is 6.42 Å². The van der Waals surface area contributed by atoms with Gasteiger partial charge in [-0.25, -0.2) is 4.98 Å². The topological polar surface area (TPSA) is 51.8 Å². The average molecular weight is 253 g/mol. The second kappa shape index (κ2) is 5.03. The summed E-state index contributed by atoms with van der Waals surface area (Å²) in [5.41, 5.74) is 8.95. The first kappa shape index (κ1) is 11.7. The number of thiazole rings is 2. The second-order valence-electron chi connectivity index (χ2n) is 4.12. The SMILES string of the molecule is CC(C)C(N)Cc1csc(-c2cncs2)n1. The fourth-order valence-corrected chi connectivity index (χ4v) is 2.84. The lowest BCUT2D eigenvalue weighted by Gasteiger charge is -2.13. The number of nitrogens with two attached hydrogens (primary N) is 1. The molecule has 0 saturated heterocycles. The fraction of sp³-hybridized carbons (Fsp3) is 0.455. The number of hydrogen-bond donors (Lipinski definition) is 1. The summed E-state index contributed by atoms with van der Waals surface area (Å²) in [6.45, 7) is 4.28. The van der Waals surface area contributed by atoms with Gasteiger partial charge in [0.15, 0.2) is 0 Å². The minimum Gasteiger partial charge on any atom is -0.327 e. The van der Waals surface area contributed by atoms with Gasteiger partial charge in [-0.15, -0.1) is 22.7 Å². The summed E-state index contributed by atoms with van der Waals surface area (Å²) in [6, 6.07) is 0.191. The lowest BCUT2D eigenvalue weighted by molar-refractivity contribution is 0.487. The minimum absolute atomic E-state index is 0.191. The van der Waals surface area contributed by atoms with Crippen LogP contribution in [0.2, 0.25) is 0 Å². The van der Waals surface area contributed by atoms with Crippen LogP contribution in [0.4, 0.5) is 0 Å². The zero-order valence-electron chi connectivity index (χ0n) is 9.38. The van der Waals surface area contributed by atoms with E-state index in [2.05, 4.69) is 29.2 Å². The first-order valence-corrected chi connectivity index (χ1v) is 7.01. The molecule has 2 heterocycles. The summed E-state index contributed by atoms with van der Waals surface area (Å²) in [5.74, 6) is 0.494. The molecule has 86 valence electrons. The Morgan fingerprint density at radius 1 is 1.38 bits per heavy atom. The summed E-state index contributed by atoms with van der Waals surface area (Å²) in [5, 5.41) is 3.14. The van der Waals surface area contributed by atoms with Crippen molar-refractivity contribution < 1.29 is 0 Å². The molecule has 0 saturated carbocycles. The molecule has 0 aliphatic carbocycles. The van der Waals surface area contributed by atoms with Gasteiger partial charge in [0.25, 0.3) is 0 Å². The van der Waals surface area contributed by atoms with E-state index in [9.17, 15) is 0 Å². The van der Waals surface area contributed by atoms with Crippen molar-refractivity contribution in [2.45, 2.75) is 26.3 Å². The molecule has 2 aromatic heterocycles. The molecule has 0 radical (unpaired) electrons. The van der Waals surface area contributed by atoms with Gasteiger partial charge >= 0.3 is 0 Å². The van der Waals surface area contributed by atoms with Crippen LogP contribution in [0.25, 0.3) is 9.88 Å². The van der Waals surface area contributed by atoms with E-state index in [4.69, 9.17) is 5.73 Å². The monoisotopic (exact) mass is 253 g/mol. The van der Waals surface area contributed by atoms with E-state index < -0.39 is 0 Å². The van der Waals surface area contributed by atoms with Crippen molar-refractivity contribution in [2.75, 3.05) is 0 Å². The minimum atomic E-state index is 0.191. The number of rotatable bonds is 4. The van der Waals surface area contributed by atoms with E-state index >= 15 is 0 Å². The Bertz CT molecular complexity index is 434. The predicted molar refractivity (Wildman–Crippen MR) is 69.7 cm³/mol. The van der Waals surface area contributed by atoms with Gasteiger partial charge in [0.2, 0.25) is 0 Å². The van der Waals surface area contributed by atoms with Gasteiger partial charge < -0.3 is 5.73 Å². The van der Waals surface area contributed by atoms with Crippen molar-refractivity contribution in [3.63, 3.8) is 0 Å². The molecular formula is C11H15N3S2. The van der Waals surface area contributed by atoms with Crippen LogP contribution in [-0.4, -0.2) is 16.0 Å². The molecule has 2 N–H and O–H groups in total. The highest BCUT2D eigenvalue weighted by Gasteiger charge is 2.12. The average Bonchev–Trinajstić information content (AvgIpc) is 2.85. The van der Waals surface area contributed by atoms with Gasteiger partial charge in [-0.1, -0.05) is 13.8 Å². The van der Waals surface area contributed by atoms with Crippen molar-refractivity contribution in [1.29, 1.82) is 0 Å². The highest BCUT2D eigenvalue weighted by molar-refractivity contribution is 7.19. The lowest BCUT2D eigenvalue weighted by atomic mass is 10.0. The summed E-state index contributed by atoms with van der Waals surface area (Å²) in [6.07, 6.45) is 2.71. The molecule has 0 aliphatic heterocycles. The largest absolute Gasteiger partial charge is 0.327 e. The molecule has 0 bridgehead atoms. The van der Waals surface area contributed by atoms with Crippen molar-refractivity contribution in [1.82, 2.24) is 9.97 Å². The highest BCUT2D eigenvalue weighted by Crippen LogP contribution is 2.27. The fourth-order valence-electron chi connectivity index (χ4n) is 1.31. The number of hydrogen-bond acceptors (Lipinski definition) is 5. The molecule has 0 aromatic carbocycles. The summed E-state index contributed by atoms with van der Waals surface area (Å²) < 4.78 is 0. The van der Waals surface area contributed by atoms with Gasteiger partial charge in [-0.05, 0) is 5.92 Å². The Balaban J connectivity index is 2.08. The number of nitrogens with zero attached hydrogens (tertiary/aromatic N) is 2. The zero-order valence-corrected chi connectivity index (χ0v) is 11.0. The Kier molecular flexibility index (Phi) is 3.68. The summed E-state index contributed by atoms with van der Waals surface area (Å²) >= 11 is 3.28. The van der Waals surface area contributed by atoms with Crippen LogP contribution >= 0.6 is 22.7 Å². The first-order valence-electron chi connectivity index (χ1n) is 5.25. The molecule has 1 atom stereocenters. The first-order chi connectivity index (χ1) is 7.66. The van der Waals surface area contributed by atoms with Crippen molar-refractivity contribution >= 4 is 22.7 Å². The van der Waals surface area contributed by atoms with E-state index in [1.807, 2.05) is 11.7 Å². The third-order valence-electron chi connectivity index (χ3n) is 2.50. The predicted octanol–water partition coefficient (Wildman–Crippen LogP) is 2.79. The Hall–Kier alpha value is -0.780. The third kappa shape index (κ3) is 2.66.